The zero-order valence-corrected chi connectivity index (χ0v) is 10.5. The van der Waals surface area contributed by atoms with Gasteiger partial charge in [-0.3, -0.25) is 0 Å². The highest BCUT2D eigenvalue weighted by Gasteiger charge is 2.29. The predicted octanol–water partition coefficient (Wildman–Crippen LogP) is 1.96. The molecule has 2 aliphatic heterocycles. The number of hydrogen-bond donors (Lipinski definition) is 1. The first kappa shape index (κ1) is 11.4. The van der Waals surface area contributed by atoms with Crippen LogP contribution in [0.1, 0.15) is 33.6 Å². The molecule has 0 aromatic rings. The number of hydrogen-bond acceptors (Lipinski definition) is 2. The van der Waals surface area contributed by atoms with Crippen molar-refractivity contribution in [3.05, 3.63) is 0 Å². The molecule has 2 heteroatoms. The highest BCUT2D eigenvalue weighted by atomic mass is 15.2. The Morgan fingerprint density at radius 3 is 2.67 bits per heavy atom. The Morgan fingerprint density at radius 2 is 2.07 bits per heavy atom. The zero-order chi connectivity index (χ0) is 10.8. The number of rotatable bonds is 3. The predicted molar refractivity (Wildman–Crippen MR) is 65.0 cm³/mol. The van der Waals surface area contributed by atoms with Gasteiger partial charge in [-0.15, -0.1) is 0 Å². The largest absolute Gasteiger partial charge is 0.316 e. The van der Waals surface area contributed by atoms with Gasteiger partial charge in [0.05, 0.1) is 0 Å². The van der Waals surface area contributed by atoms with Crippen molar-refractivity contribution in [1.29, 1.82) is 0 Å². The van der Waals surface area contributed by atoms with Crippen LogP contribution in [-0.2, 0) is 0 Å². The van der Waals surface area contributed by atoms with E-state index in [1.807, 2.05) is 0 Å². The first-order chi connectivity index (χ1) is 7.18. The summed E-state index contributed by atoms with van der Waals surface area (Å²) in [6.45, 7) is 12.4. The summed E-state index contributed by atoms with van der Waals surface area (Å²) < 4.78 is 0. The summed E-state index contributed by atoms with van der Waals surface area (Å²) in [5.41, 5.74) is 0. The molecule has 2 fully saturated rings. The highest BCUT2D eigenvalue weighted by molar-refractivity contribution is 4.85. The smallest absolute Gasteiger partial charge is 0.00926 e. The van der Waals surface area contributed by atoms with E-state index in [1.54, 1.807) is 0 Å². The zero-order valence-electron chi connectivity index (χ0n) is 10.5. The molecule has 88 valence electrons. The van der Waals surface area contributed by atoms with E-state index in [2.05, 4.69) is 31.0 Å². The molecule has 0 radical (unpaired) electrons. The van der Waals surface area contributed by atoms with Crippen molar-refractivity contribution in [3.8, 4) is 0 Å². The molecule has 3 unspecified atom stereocenters. The molecule has 0 aromatic heterocycles. The molecule has 2 aliphatic rings. The molecule has 0 spiro atoms. The van der Waals surface area contributed by atoms with Gasteiger partial charge in [0.1, 0.15) is 0 Å². The van der Waals surface area contributed by atoms with E-state index in [0.29, 0.717) is 0 Å². The maximum atomic E-state index is 3.38. The molecule has 0 aliphatic carbocycles. The number of nitrogens with zero attached hydrogens (tertiary/aromatic N) is 1. The molecule has 0 bridgehead atoms. The van der Waals surface area contributed by atoms with Crippen molar-refractivity contribution < 1.29 is 0 Å². The summed E-state index contributed by atoms with van der Waals surface area (Å²) in [5, 5.41) is 3.38. The van der Waals surface area contributed by atoms with Crippen molar-refractivity contribution in [3.63, 3.8) is 0 Å². The first-order valence-corrected chi connectivity index (χ1v) is 6.63. The van der Waals surface area contributed by atoms with Crippen molar-refractivity contribution in [2.45, 2.75) is 39.7 Å². The Morgan fingerprint density at radius 1 is 1.33 bits per heavy atom. The van der Waals surface area contributed by atoms with Gasteiger partial charge in [-0.1, -0.05) is 13.8 Å². The summed E-state index contributed by atoms with van der Waals surface area (Å²) >= 11 is 0. The van der Waals surface area contributed by atoms with Crippen LogP contribution < -0.4 is 5.32 Å². The lowest BCUT2D eigenvalue weighted by Gasteiger charge is -2.42. The molecule has 0 saturated carbocycles. The van der Waals surface area contributed by atoms with Crippen LogP contribution in [-0.4, -0.2) is 37.1 Å². The Bertz CT molecular complexity index is 201. The van der Waals surface area contributed by atoms with Crippen LogP contribution in [0.3, 0.4) is 0 Å². The minimum absolute atomic E-state index is 0.800. The molecule has 15 heavy (non-hydrogen) atoms. The summed E-state index contributed by atoms with van der Waals surface area (Å²) in [6, 6.07) is 0.800. The van der Waals surface area contributed by atoms with E-state index in [1.165, 1.54) is 39.0 Å². The van der Waals surface area contributed by atoms with Crippen molar-refractivity contribution >= 4 is 0 Å². The highest BCUT2D eigenvalue weighted by Crippen LogP contribution is 2.25. The Hall–Kier alpha value is -0.0800. The lowest BCUT2D eigenvalue weighted by molar-refractivity contribution is 0.0771. The van der Waals surface area contributed by atoms with Gasteiger partial charge in [-0.25, -0.2) is 0 Å². The number of likely N-dealkylation sites (tertiary alicyclic amines) is 1. The third kappa shape index (κ3) is 2.54. The molecule has 2 nitrogen and oxygen atoms in total. The van der Waals surface area contributed by atoms with Crippen molar-refractivity contribution in [2.75, 3.05) is 26.2 Å². The summed E-state index contributed by atoms with van der Waals surface area (Å²) in [6.07, 6.45) is 2.83. The summed E-state index contributed by atoms with van der Waals surface area (Å²) in [4.78, 5) is 2.72. The first-order valence-electron chi connectivity index (χ1n) is 6.63. The fraction of sp³-hybridized carbons (Fsp3) is 1.00. The van der Waals surface area contributed by atoms with Crippen LogP contribution >= 0.6 is 0 Å². The molecular formula is C13H26N2. The van der Waals surface area contributed by atoms with Crippen LogP contribution in [0.4, 0.5) is 0 Å². The van der Waals surface area contributed by atoms with E-state index in [9.17, 15) is 0 Å². The van der Waals surface area contributed by atoms with Crippen molar-refractivity contribution in [2.24, 2.45) is 17.8 Å². The van der Waals surface area contributed by atoms with Crippen LogP contribution in [0.15, 0.2) is 0 Å². The van der Waals surface area contributed by atoms with E-state index < -0.39 is 0 Å². The van der Waals surface area contributed by atoms with Crippen LogP contribution in [0.2, 0.25) is 0 Å². The van der Waals surface area contributed by atoms with Gasteiger partial charge in [0.15, 0.2) is 0 Å². The minimum atomic E-state index is 0.800. The quantitative estimate of drug-likeness (QED) is 0.766. The molecule has 3 atom stereocenters. The van der Waals surface area contributed by atoms with Gasteiger partial charge >= 0.3 is 0 Å². The molecule has 2 saturated heterocycles. The Kier molecular flexibility index (Phi) is 3.68. The summed E-state index contributed by atoms with van der Waals surface area (Å²) in [7, 11) is 0. The van der Waals surface area contributed by atoms with E-state index >= 15 is 0 Å². The lowest BCUT2D eigenvalue weighted by Crippen LogP contribution is -2.51. The SMILES string of the molecule is CC(CN1CCCC(C)C1C)C1CNC1. The molecule has 2 heterocycles. The van der Waals surface area contributed by atoms with Gasteiger partial charge in [-0.2, -0.15) is 0 Å². The van der Waals surface area contributed by atoms with Gasteiger partial charge in [-0.05, 0) is 57.2 Å². The monoisotopic (exact) mass is 210 g/mol. The Labute approximate surface area is 94.4 Å². The average Bonchev–Trinajstić information content (AvgIpc) is 2.10. The number of piperidine rings is 1. The van der Waals surface area contributed by atoms with Crippen LogP contribution in [0.25, 0.3) is 0 Å². The van der Waals surface area contributed by atoms with Crippen LogP contribution in [0, 0.1) is 17.8 Å². The van der Waals surface area contributed by atoms with Crippen LogP contribution in [0.5, 0.6) is 0 Å². The Balaban J connectivity index is 1.81. The second-order valence-electron chi connectivity index (χ2n) is 5.75. The topological polar surface area (TPSA) is 15.3 Å². The molecule has 0 aromatic carbocycles. The molecule has 0 amide bonds. The second kappa shape index (κ2) is 4.84. The fourth-order valence-electron chi connectivity index (χ4n) is 2.91. The van der Waals surface area contributed by atoms with Gasteiger partial charge in [0, 0.05) is 12.6 Å². The maximum absolute atomic E-state index is 3.38. The summed E-state index contributed by atoms with van der Waals surface area (Å²) in [5.74, 6) is 2.71. The normalized spacial score (nSPS) is 36.2. The minimum Gasteiger partial charge on any atom is -0.316 e. The van der Waals surface area contributed by atoms with Crippen molar-refractivity contribution in [1.82, 2.24) is 10.2 Å². The third-order valence-corrected chi connectivity index (χ3v) is 4.64. The van der Waals surface area contributed by atoms with Gasteiger partial charge in [0.2, 0.25) is 0 Å². The molecule has 1 N–H and O–H groups in total. The van der Waals surface area contributed by atoms with E-state index in [4.69, 9.17) is 0 Å². The molecule has 2 rings (SSSR count). The van der Waals surface area contributed by atoms with E-state index in [0.717, 1.165) is 23.8 Å². The second-order valence-corrected chi connectivity index (χ2v) is 5.75. The lowest BCUT2D eigenvalue weighted by atomic mass is 9.86. The fourth-order valence-corrected chi connectivity index (χ4v) is 2.91. The van der Waals surface area contributed by atoms with Gasteiger partial charge < -0.3 is 10.2 Å². The molecular weight excluding hydrogens is 184 g/mol. The maximum Gasteiger partial charge on any atom is 0.00926 e. The number of nitrogens with one attached hydrogen (secondary N) is 1. The average molecular weight is 210 g/mol. The third-order valence-electron chi connectivity index (χ3n) is 4.64. The standard InChI is InChI=1S/C13H26N2/c1-10-5-4-6-15(12(10)3)9-11(2)13-7-14-8-13/h10-14H,4-9H2,1-3H3. The van der Waals surface area contributed by atoms with E-state index in [-0.39, 0.29) is 0 Å². The van der Waals surface area contributed by atoms with Gasteiger partial charge in [0.25, 0.3) is 0 Å².